The molecular weight excluding hydrogens is 281 g/mol. The number of nitrogens with one attached hydrogen (secondary N) is 1. The fourth-order valence-corrected chi connectivity index (χ4v) is 3.45. The third kappa shape index (κ3) is 5.05. The zero-order chi connectivity index (χ0) is 12.1. The van der Waals surface area contributed by atoms with Crippen molar-refractivity contribution in [3.63, 3.8) is 0 Å². The summed E-state index contributed by atoms with van der Waals surface area (Å²) < 4.78 is 0. The molecule has 0 atom stereocenters. The summed E-state index contributed by atoms with van der Waals surface area (Å²) in [4.78, 5) is 5.25. The van der Waals surface area contributed by atoms with Crippen LogP contribution in [0.25, 0.3) is 0 Å². The minimum Gasteiger partial charge on any atom is -0.315 e. The maximum atomic E-state index is 3.61. The van der Waals surface area contributed by atoms with E-state index in [1.807, 2.05) is 0 Å². The Morgan fingerprint density at radius 2 is 1.53 bits per heavy atom. The lowest BCUT2D eigenvalue weighted by Gasteiger charge is -2.49. The molecule has 3 nitrogen and oxygen atoms in total. The predicted molar refractivity (Wildman–Crippen MR) is 87.9 cm³/mol. The lowest BCUT2D eigenvalue weighted by Crippen LogP contribution is -2.61. The molecule has 5 heteroatoms. The number of rotatable bonds is 4. The third-order valence-electron chi connectivity index (χ3n) is 4.66. The van der Waals surface area contributed by atoms with Crippen LogP contribution in [0.15, 0.2) is 0 Å². The van der Waals surface area contributed by atoms with Crippen molar-refractivity contribution in [2.24, 2.45) is 0 Å². The second kappa shape index (κ2) is 9.41. The van der Waals surface area contributed by atoms with Gasteiger partial charge in [0.25, 0.3) is 0 Å². The van der Waals surface area contributed by atoms with Crippen molar-refractivity contribution in [3.05, 3.63) is 0 Å². The first-order valence-electron chi connectivity index (χ1n) is 7.41. The Hall–Kier alpha value is 0.460. The van der Waals surface area contributed by atoms with E-state index in [1.54, 1.807) is 0 Å². The normalized spacial score (nSPS) is 24.3. The van der Waals surface area contributed by atoms with Crippen LogP contribution in [0.1, 0.15) is 39.0 Å². The monoisotopic (exact) mass is 311 g/mol. The van der Waals surface area contributed by atoms with Crippen molar-refractivity contribution >= 4 is 24.8 Å². The fraction of sp³-hybridized carbons (Fsp3) is 1.00. The number of likely N-dealkylation sites (N-methyl/N-ethyl adjacent to an activating group) is 2. The van der Waals surface area contributed by atoms with Gasteiger partial charge in [0, 0.05) is 38.3 Å². The summed E-state index contributed by atoms with van der Waals surface area (Å²) in [5.74, 6) is 0. The molecule has 19 heavy (non-hydrogen) atoms. The van der Waals surface area contributed by atoms with E-state index >= 15 is 0 Å². The van der Waals surface area contributed by atoms with Crippen molar-refractivity contribution in [3.8, 4) is 0 Å². The van der Waals surface area contributed by atoms with Gasteiger partial charge in [-0.25, -0.2) is 0 Å². The van der Waals surface area contributed by atoms with E-state index in [1.165, 1.54) is 64.8 Å². The van der Waals surface area contributed by atoms with Gasteiger partial charge in [-0.05, 0) is 26.4 Å². The van der Waals surface area contributed by atoms with Crippen molar-refractivity contribution in [2.75, 3.05) is 46.3 Å². The molecule has 2 aliphatic rings. The van der Waals surface area contributed by atoms with Gasteiger partial charge >= 0.3 is 0 Å². The van der Waals surface area contributed by atoms with Crippen LogP contribution in [-0.2, 0) is 0 Å². The highest BCUT2D eigenvalue weighted by atomic mass is 35.5. The van der Waals surface area contributed by atoms with E-state index < -0.39 is 0 Å². The molecule has 0 spiro atoms. The molecule has 1 saturated carbocycles. The van der Waals surface area contributed by atoms with Crippen LogP contribution in [-0.4, -0.2) is 61.7 Å². The van der Waals surface area contributed by atoms with Crippen LogP contribution >= 0.6 is 24.8 Å². The van der Waals surface area contributed by atoms with Gasteiger partial charge in [-0.15, -0.1) is 24.8 Å². The summed E-state index contributed by atoms with van der Waals surface area (Å²) in [6.45, 7) is 9.55. The highest BCUT2D eigenvalue weighted by molar-refractivity contribution is 5.85. The Morgan fingerprint density at radius 1 is 0.947 bits per heavy atom. The summed E-state index contributed by atoms with van der Waals surface area (Å²) in [6.07, 6.45) is 7.12. The second-order valence-corrected chi connectivity index (χ2v) is 5.86. The molecule has 0 bridgehead atoms. The first-order chi connectivity index (χ1) is 8.27. The Bertz CT molecular complexity index is 225. The molecule has 0 aromatic heterocycles. The van der Waals surface area contributed by atoms with E-state index in [4.69, 9.17) is 0 Å². The molecule has 116 valence electrons. The summed E-state index contributed by atoms with van der Waals surface area (Å²) in [5, 5.41) is 3.61. The van der Waals surface area contributed by atoms with Crippen LogP contribution in [0.4, 0.5) is 0 Å². The van der Waals surface area contributed by atoms with E-state index in [-0.39, 0.29) is 24.8 Å². The Balaban J connectivity index is 0.00000162. The molecule has 0 unspecified atom stereocenters. The lowest BCUT2D eigenvalue weighted by molar-refractivity contribution is 0.0141. The molecule has 0 amide bonds. The topological polar surface area (TPSA) is 18.5 Å². The lowest BCUT2D eigenvalue weighted by atomic mass is 9.79. The first-order valence-corrected chi connectivity index (χ1v) is 7.41. The molecule has 1 aliphatic carbocycles. The smallest absolute Gasteiger partial charge is 0.0335 e. The van der Waals surface area contributed by atoms with Crippen molar-refractivity contribution < 1.29 is 0 Å². The van der Waals surface area contributed by atoms with Gasteiger partial charge in [0.15, 0.2) is 0 Å². The molecule has 0 aromatic rings. The van der Waals surface area contributed by atoms with E-state index in [2.05, 4.69) is 29.1 Å². The minimum absolute atomic E-state index is 0. The Morgan fingerprint density at radius 3 is 2.05 bits per heavy atom. The number of nitrogens with zero attached hydrogens (tertiary/aromatic N) is 2. The molecule has 2 rings (SSSR count). The third-order valence-corrected chi connectivity index (χ3v) is 4.66. The summed E-state index contributed by atoms with van der Waals surface area (Å²) in [6, 6.07) is 0. The van der Waals surface area contributed by atoms with Gasteiger partial charge in [0.05, 0.1) is 0 Å². The number of piperazine rings is 1. The van der Waals surface area contributed by atoms with Gasteiger partial charge in [-0.3, -0.25) is 4.90 Å². The zero-order valence-electron chi connectivity index (χ0n) is 12.5. The fourth-order valence-electron chi connectivity index (χ4n) is 3.45. The highest BCUT2D eigenvalue weighted by Gasteiger charge is 2.38. The van der Waals surface area contributed by atoms with E-state index in [9.17, 15) is 0 Å². The number of halogens is 2. The molecular formula is C14H31Cl2N3. The summed E-state index contributed by atoms with van der Waals surface area (Å²) >= 11 is 0. The van der Waals surface area contributed by atoms with Gasteiger partial charge < -0.3 is 10.2 Å². The van der Waals surface area contributed by atoms with Gasteiger partial charge in [0.2, 0.25) is 0 Å². The minimum atomic E-state index is 0. The van der Waals surface area contributed by atoms with E-state index in [0.717, 1.165) is 6.54 Å². The summed E-state index contributed by atoms with van der Waals surface area (Å²) in [5.41, 5.74) is 0.482. The van der Waals surface area contributed by atoms with Gasteiger partial charge in [-0.2, -0.15) is 0 Å². The Labute approximate surface area is 131 Å². The average molecular weight is 312 g/mol. The second-order valence-electron chi connectivity index (χ2n) is 5.86. The van der Waals surface area contributed by atoms with Crippen LogP contribution in [0.2, 0.25) is 0 Å². The molecule has 1 heterocycles. The van der Waals surface area contributed by atoms with Crippen molar-refractivity contribution in [1.82, 2.24) is 15.1 Å². The SMILES string of the molecule is CCNCC1(N2CCN(C)CC2)CCCCC1.Cl.Cl. The zero-order valence-corrected chi connectivity index (χ0v) is 14.1. The van der Waals surface area contributed by atoms with Gasteiger partial charge in [0.1, 0.15) is 0 Å². The molecule has 1 aliphatic heterocycles. The van der Waals surface area contributed by atoms with Crippen molar-refractivity contribution in [1.29, 1.82) is 0 Å². The van der Waals surface area contributed by atoms with Gasteiger partial charge in [-0.1, -0.05) is 26.2 Å². The van der Waals surface area contributed by atoms with Crippen molar-refractivity contribution in [2.45, 2.75) is 44.6 Å². The largest absolute Gasteiger partial charge is 0.315 e. The molecule has 1 N–H and O–H groups in total. The highest BCUT2D eigenvalue weighted by Crippen LogP contribution is 2.33. The molecule has 0 radical (unpaired) electrons. The number of hydrogen-bond acceptors (Lipinski definition) is 3. The first kappa shape index (κ1) is 19.5. The average Bonchev–Trinajstić information content (AvgIpc) is 2.38. The van der Waals surface area contributed by atoms with Crippen LogP contribution < -0.4 is 5.32 Å². The Kier molecular flexibility index (Phi) is 9.63. The quantitative estimate of drug-likeness (QED) is 0.860. The standard InChI is InChI=1S/C14H29N3.2ClH/c1-3-15-13-14(7-5-4-6-8-14)17-11-9-16(2)10-12-17;;/h15H,3-13H2,1-2H3;2*1H. The molecule has 2 fully saturated rings. The predicted octanol–water partition coefficient (Wildman–Crippen LogP) is 2.39. The molecule has 1 saturated heterocycles. The van der Waals surface area contributed by atoms with Crippen LogP contribution in [0.3, 0.4) is 0 Å². The maximum Gasteiger partial charge on any atom is 0.0335 e. The maximum absolute atomic E-state index is 3.61. The van der Waals surface area contributed by atoms with E-state index in [0.29, 0.717) is 5.54 Å². The van der Waals surface area contributed by atoms with Crippen LogP contribution in [0.5, 0.6) is 0 Å². The van der Waals surface area contributed by atoms with Crippen LogP contribution in [0, 0.1) is 0 Å². The number of hydrogen-bond donors (Lipinski definition) is 1. The molecule has 0 aromatic carbocycles. The summed E-state index contributed by atoms with van der Waals surface area (Å²) in [7, 11) is 2.25.